The standard InChI is InChI=1S/C23H25FN4O/c1-27(2)22(17-7-6-8-18(24)13-17)15-25-23(29)21-14-20(16-11-12-16)26-28(21)19-9-4-3-5-10-19/h3-10,13-14,16,22H,11-12,15H2,1-2H3,(H,25,29)/t22-/m1/s1. The van der Waals surface area contributed by atoms with Crippen LogP contribution in [0.5, 0.6) is 0 Å². The van der Waals surface area contributed by atoms with E-state index >= 15 is 0 Å². The van der Waals surface area contributed by atoms with Crippen LogP contribution < -0.4 is 5.32 Å². The molecule has 6 heteroatoms. The van der Waals surface area contributed by atoms with Crippen LogP contribution in [0.3, 0.4) is 0 Å². The van der Waals surface area contributed by atoms with Gasteiger partial charge in [0.25, 0.3) is 5.91 Å². The van der Waals surface area contributed by atoms with Crippen molar-refractivity contribution in [3.05, 3.63) is 83.4 Å². The fraction of sp³-hybridized carbons (Fsp3) is 0.304. The van der Waals surface area contributed by atoms with E-state index in [1.54, 1.807) is 10.7 Å². The minimum Gasteiger partial charge on any atom is -0.349 e. The van der Waals surface area contributed by atoms with Gasteiger partial charge in [-0.2, -0.15) is 5.10 Å². The number of halogens is 1. The summed E-state index contributed by atoms with van der Waals surface area (Å²) in [5, 5.41) is 7.71. The van der Waals surface area contributed by atoms with Crippen molar-refractivity contribution in [3.8, 4) is 5.69 Å². The predicted octanol–water partition coefficient (Wildman–Crippen LogP) is 3.92. The van der Waals surface area contributed by atoms with E-state index in [9.17, 15) is 9.18 Å². The minimum absolute atomic E-state index is 0.134. The highest BCUT2D eigenvalue weighted by atomic mass is 19.1. The second-order valence-electron chi connectivity index (χ2n) is 7.72. The molecule has 1 fully saturated rings. The van der Waals surface area contributed by atoms with Crippen molar-refractivity contribution in [3.63, 3.8) is 0 Å². The van der Waals surface area contributed by atoms with Gasteiger partial charge in [0, 0.05) is 12.5 Å². The lowest BCUT2D eigenvalue weighted by Gasteiger charge is -2.25. The molecule has 3 aromatic rings. The van der Waals surface area contributed by atoms with E-state index in [-0.39, 0.29) is 17.8 Å². The van der Waals surface area contributed by atoms with Crippen LogP contribution in [0.4, 0.5) is 4.39 Å². The zero-order chi connectivity index (χ0) is 20.4. The molecule has 29 heavy (non-hydrogen) atoms. The maximum absolute atomic E-state index is 13.7. The molecule has 1 heterocycles. The minimum atomic E-state index is -0.281. The van der Waals surface area contributed by atoms with Crippen LogP contribution in [0.2, 0.25) is 0 Å². The summed E-state index contributed by atoms with van der Waals surface area (Å²) in [6.07, 6.45) is 2.24. The van der Waals surface area contributed by atoms with Crippen LogP contribution in [0.1, 0.15) is 46.5 Å². The number of amides is 1. The van der Waals surface area contributed by atoms with Gasteiger partial charge in [0.2, 0.25) is 0 Å². The van der Waals surface area contributed by atoms with Gasteiger partial charge in [0.15, 0.2) is 0 Å². The van der Waals surface area contributed by atoms with E-state index < -0.39 is 0 Å². The van der Waals surface area contributed by atoms with Gasteiger partial charge in [0.1, 0.15) is 11.5 Å². The first kappa shape index (κ1) is 19.3. The Labute approximate surface area is 170 Å². The monoisotopic (exact) mass is 392 g/mol. The quantitative estimate of drug-likeness (QED) is 0.663. The number of rotatable bonds is 7. The van der Waals surface area contributed by atoms with E-state index in [0.717, 1.165) is 29.8 Å². The molecule has 1 aromatic heterocycles. The van der Waals surface area contributed by atoms with Crippen molar-refractivity contribution in [2.45, 2.75) is 24.8 Å². The first-order valence-electron chi connectivity index (χ1n) is 9.88. The molecule has 0 spiro atoms. The Morgan fingerprint density at radius 3 is 2.59 bits per heavy atom. The smallest absolute Gasteiger partial charge is 0.270 e. The van der Waals surface area contributed by atoms with Crippen molar-refractivity contribution in [1.29, 1.82) is 0 Å². The molecule has 150 valence electrons. The lowest BCUT2D eigenvalue weighted by molar-refractivity contribution is 0.0934. The SMILES string of the molecule is CN(C)[C@H](CNC(=O)c1cc(C2CC2)nn1-c1ccccc1)c1cccc(F)c1. The fourth-order valence-electron chi connectivity index (χ4n) is 3.50. The van der Waals surface area contributed by atoms with Crippen LogP contribution in [0.25, 0.3) is 5.69 Å². The van der Waals surface area contributed by atoms with Crippen molar-refractivity contribution >= 4 is 5.91 Å². The van der Waals surface area contributed by atoms with Crippen molar-refractivity contribution < 1.29 is 9.18 Å². The molecule has 0 radical (unpaired) electrons. The van der Waals surface area contributed by atoms with Crippen molar-refractivity contribution in [2.24, 2.45) is 0 Å². The molecule has 1 atom stereocenters. The van der Waals surface area contributed by atoms with E-state index in [2.05, 4.69) is 5.32 Å². The lowest BCUT2D eigenvalue weighted by atomic mass is 10.1. The fourth-order valence-corrected chi connectivity index (χ4v) is 3.50. The summed E-state index contributed by atoms with van der Waals surface area (Å²) in [5.74, 6) is -0.0123. The average molecular weight is 392 g/mol. The topological polar surface area (TPSA) is 50.2 Å². The number of nitrogens with zero attached hydrogens (tertiary/aromatic N) is 3. The third-order valence-corrected chi connectivity index (χ3v) is 5.27. The summed E-state index contributed by atoms with van der Waals surface area (Å²) >= 11 is 0. The maximum Gasteiger partial charge on any atom is 0.270 e. The highest BCUT2D eigenvalue weighted by Crippen LogP contribution is 2.39. The highest BCUT2D eigenvalue weighted by molar-refractivity contribution is 5.93. The third kappa shape index (κ3) is 4.38. The predicted molar refractivity (Wildman–Crippen MR) is 111 cm³/mol. The van der Waals surface area contributed by atoms with Gasteiger partial charge in [-0.05, 0) is 62.8 Å². The Bertz CT molecular complexity index is 995. The molecule has 2 aromatic carbocycles. The molecule has 1 N–H and O–H groups in total. The highest BCUT2D eigenvalue weighted by Gasteiger charge is 2.29. The Morgan fingerprint density at radius 2 is 1.93 bits per heavy atom. The van der Waals surface area contributed by atoms with Gasteiger partial charge < -0.3 is 10.2 Å². The third-order valence-electron chi connectivity index (χ3n) is 5.27. The van der Waals surface area contributed by atoms with Gasteiger partial charge in [-0.15, -0.1) is 0 Å². The Morgan fingerprint density at radius 1 is 1.17 bits per heavy atom. The largest absolute Gasteiger partial charge is 0.349 e. The van der Waals surface area contributed by atoms with Gasteiger partial charge >= 0.3 is 0 Å². The zero-order valence-corrected chi connectivity index (χ0v) is 16.7. The summed E-state index contributed by atoms with van der Waals surface area (Å²) < 4.78 is 15.4. The van der Waals surface area contributed by atoms with E-state index in [1.807, 2.05) is 61.5 Å². The van der Waals surface area contributed by atoms with E-state index in [4.69, 9.17) is 5.10 Å². The number of carbonyl (C=O) groups excluding carboxylic acids is 1. The van der Waals surface area contributed by atoms with Crippen LogP contribution in [-0.4, -0.2) is 41.2 Å². The van der Waals surface area contributed by atoms with E-state index in [1.165, 1.54) is 12.1 Å². The summed E-state index contributed by atoms with van der Waals surface area (Å²) in [7, 11) is 3.84. The number of para-hydroxylation sites is 1. The maximum atomic E-state index is 13.7. The Kier molecular flexibility index (Phi) is 5.45. The van der Waals surface area contributed by atoms with Crippen molar-refractivity contribution in [1.82, 2.24) is 20.0 Å². The second-order valence-corrected chi connectivity index (χ2v) is 7.72. The molecule has 1 saturated carbocycles. The molecule has 0 aliphatic heterocycles. The van der Waals surface area contributed by atoms with Gasteiger partial charge in [0.05, 0.1) is 17.4 Å². The number of aromatic nitrogens is 2. The molecule has 1 aliphatic rings. The van der Waals surface area contributed by atoms with Crippen LogP contribution >= 0.6 is 0 Å². The zero-order valence-electron chi connectivity index (χ0n) is 16.7. The summed E-state index contributed by atoms with van der Waals surface area (Å²) in [6, 6.07) is 17.9. The number of likely N-dealkylation sites (N-methyl/N-ethyl adjacent to an activating group) is 1. The van der Waals surface area contributed by atoms with Crippen LogP contribution in [-0.2, 0) is 0 Å². The number of nitrogens with one attached hydrogen (secondary N) is 1. The Balaban J connectivity index is 1.56. The number of benzene rings is 2. The molecule has 0 unspecified atom stereocenters. The summed E-state index contributed by atoms with van der Waals surface area (Å²) in [5.41, 5.74) is 3.17. The second kappa shape index (κ2) is 8.17. The van der Waals surface area contributed by atoms with Gasteiger partial charge in [-0.25, -0.2) is 9.07 Å². The number of hydrogen-bond acceptors (Lipinski definition) is 3. The number of hydrogen-bond donors (Lipinski definition) is 1. The lowest BCUT2D eigenvalue weighted by Crippen LogP contribution is -2.35. The van der Waals surface area contributed by atoms with Gasteiger partial charge in [-0.3, -0.25) is 4.79 Å². The summed E-state index contributed by atoms with van der Waals surface area (Å²) in [6.45, 7) is 0.369. The average Bonchev–Trinajstić information content (AvgIpc) is 3.47. The summed E-state index contributed by atoms with van der Waals surface area (Å²) in [4.78, 5) is 15.0. The first-order valence-corrected chi connectivity index (χ1v) is 9.88. The van der Waals surface area contributed by atoms with Crippen molar-refractivity contribution in [2.75, 3.05) is 20.6 Å². The molecule has 4 rings (SSSR count). The van der Waals surface area contributed by atoms with Crippen LogP contribution in [0, 0.1) is 5.82 Å². The number of carbonyl (C=O) groups is 1. The molecule has 1 aliphatic carbocycles. The first-order chi connectivity index (χ1) is 14.0. The molecule has 1 amide bonds. The van der Waals surface area contributed by atoms with Gasteiger partial charge in [-0.1, -0.05) is 30.3 Å². The molecule has 0 bridgehead atoms. The molecule has 5 nitrogen and oxygen atoms in total. The normalized spacial score (nSPS) is 14.8. The molecular formula is C23H25FN4O. The molecule has 0 saturated heterocycles. The van der Waals surface area contributed by atoms with E-state index in [0.29, 0.717) is 18.2 Å². The van der Waals surface area contributed by atoms with Crippen LogP contribution in [0.15, 0.2) is 60.7 Å². The molecular weight excluding hydrogens is 367 g/mol. The Hall–Kier alpha value is -2.99.